The summed E-state index contributed by atoms with van der Waals surface area (Å²) in [6.45, 7) is 1.84. The van der Waals surface area contributed by atoms with Crippen LogP contribution in [0.3, 0.4) is 0 Å². The van der Waals surface area contributed by atoms with E-state index in [1.165, 1.54) is 0 Å². The number of carbonyl (C=O) groups is 3. The Kier molecular flexibility index (Phi) is 5.13. The Morgan fingerprint density at radius 3 is 2.68 bits per heavy atom. The second-order valence-electron chi connectivity index (χ2n) is 4.43. The SMILES string of the molecule is CCOC(=O)COc1ccccc1CC=C1NC(=O)NC1=O. The lowest BCUT2D eigenvalue weighted by Crippen LogP contribution is -2.22. The van der Waals surface area contributed by atoms with E-state index in [1.807, 2.05) is 12.1 Å². The van der Waals surface area contributed by atoms with E-state index in [-0.39, 0.29) is 12.3 Å². The molecule has 0 atom stereocenters. The zero-order valence-electron chi connectivity index (χ0n) is 12.0. The highest BCUT2D eigenvalue weighted by Gasteiger charge is 2.22. The number of urea groups is 1. The van der Waals surface area contributed by atoms with Crippen molar-refractivity contribution in [2.24, 2.45) is 0 Å². The van der Waals surface area contributed by atoms with Crippen LogP contribution in [0.2, 0.25) is 0 Å². The molecular formula is C15H16N2O5. The highest BCUT2D eigenvalue weighted by Crippen LogP contribution is 2.19. The van der Waals surface area contributed by atoms with E-state index in [1.54, 1.807) is 25.1 Å². The van der Waals surface area contributed by atoms with Gasteiger partial charge in [-0.15, -0.1) is 0 Å². The van der Waals surface area contributed by atoms with Crippen LogP contribution >= 0.6 is 0 Å². The minimum atomic E-state index is -0.539. The van der Waals surface area contributed by atoms with Crippen molar-refractivity contribution < 1.29 is 23.9 Å². The molecule has 0 aromatic heterocycles. The number of allylic oxidation sites excluding steroid dienone is 1. The van der Waals surface area contributed by atoms with Crippen molar-refractivity contribution in [1.29, 1.82) is 0 Å². The Balaban J connectivity index is 2.02. The van der Waals surface area contributed by atoms with Crippen molar-refractivity contribution in [2.45, 2.75) is 13.3 Å². The number of esters is 1. The van der Waals surface area contributed by atoms with Gasteiger partial charge in [0.1, 0.15) is 11.4 Å². The minimum Gasteiger partial charge on any atom is -0.482 e. The van der Waals surface area contributed by atoms with Crippen LogP contribution in [-0.2, 0) is 20.7 Å². The smallest absolute Gasteiger partial charge is 0.344 e. The average Bonchev–Trinajstić information content (AvgIpc) is 2.82. The molecule has 1 aromatic carbocycles. The summed E-state index contributed by atoms with van der Waals surface area (Å²) in [5.41, 5.74) is 0.985. The highest BCUT2D eigenvalue weighted by atomic mass is 16.6. The van der Waals surface area contributed by atoms with Gasteiger partial charge in [-0.05, 0) is 25.0 Å². The molecular weight excluding hydrogens is 288 g/mol. The summed E-state index contributed by atoms with van der Waals surface area (Å²) in [6.07, 6.45) is 1.97. The lowest BCUT2D eigenvalue weighted by Gasteiger charge is -2.09. The first kappa shape index (κ1) is 15.6. The Morgan fingerprint density at radius 2 is 2.00 bits per heavy atom. The van der Waals surface area contributed by atoms with Crippen LogP contribution in [0.1, 0.15) is 12.5 Å². The van der Waals surface area contributed by atoms with Crippen LogP contribution in [0.5, 0.6) is 5.75 Å². The average molecular weight is 304 g/mol. The van der Waals surface area contributed by atoms with Crippen molar-refractivity contribution in [1.82, 2.24) is 10.6 Å². The molecule has 1 aliphatic heterocycles. The summed E-state index contributed by atoms with van der Waals surface area (Å²) in [6, 6.07) is 6.59. The molecule has 0 bridgehead atoms. The number of nitrogens with one attached hydrogen (secondary N) is 2. The monoisotopic (exact) mass is 304 g/mol. The molecule has 2 N–H and O–H groups in total. The summed E-state index contributed by atoms with van der Waals surface area (Å²) < 4.78 is 10.2. The van der Waals surface area contributed by atoms with Crippen LogP contribution in [-0.4, -0.2) is 31.1 Å². The van der Waals surface area contributed by atoms with Gasteiger partial charge in [0, 0.05) is 0 Å². The number of imide groups is 1. The zero-order chi connectivity index (χ0) is 15.9. The van der Waals surface area contributed by atoms with Crippen molar-refractivity contribution in [3.63, 3.8) is 0 Å². The van der Waals surface area contributed by atoms with Crippen LogP contribution in [0.4, 0.5) is 4.79 Å². The predicted molar refractivity (Wildman–Crippen MR) is 77.0 cm³/mol. The maximum atomic E-state index is 11.4. The first-order chi connectivity index (χ1) is 10.6. The summed E-state index contributed by atoms with van der Waals surface area (Å²) in [5.74, 6) is -0.384. The van der Waals surface area contributed by atoms with Gasteiger partial charge in [0.25, 0.3) is 5.91 Å². The Hall–Kier alpha value is -2.83. The molecule has 1 heterocycles. The molecule has 7 heteroatoms. The third kappa shape index (κ3) is 4.08. The Labute approximate surface area is 127 Å². The van der Waals surface area contributed by atoms with Gasteiger partial charge >= 0.3 is 12.0 Å². The molecule has 0 aliphatic carbocycles. The fourth-order valence-corrected chi connectivity index (χ4v) is 1.89. The topological polar surface area (TPSA) is 93.7 Å². The van der Waals surface area contributed by atoms with E-state index in [9.17, 15) is 14.4 Å². The van der Waals surface area contributed by atoms with E-state index in [0.29, 0.717) is 18.8 Å². The molecule has 2 rings (SSSR count). The van der Waals surface area contributed by atoms with E-state index in [0.717, 1.165) is 5.56 Å². The maximum Gasteiger partial charge on any atom is 0.344 e. The Morgan fingerprint density at radius 1 is 1.23 bits per heavy atom. The third-order valence-electron chi connectivity index (χ3n) is 2.87. The number of carbonyl (C=O) groups excluding carboxylic acids is 3. The van der Waals surface area contributed by atoms with Gasteiger partial charge in [-0.2, -0.15) is 0 Å². The number of para-hydroxylation sites is 1. The number of amides is 3. The van der Waals surface area contributed by atoms with Gasteiger partial charge in [-0.25, -0.2) is 9.59 Å². The predicted octanol–water partition coefficient (Wildman–Crippen LogP) is 0.894. The molecule has 3 amide bonds. The summed E-state index contributed by atoms with van der Waals surface area (Å²) in [4.78, 5) is 33.8. The highest BCUT2D eigenvalue weighted by molar-refractivity contribution is 6.11. The van der Waals surface area contributed by atoms with Crippen LogP contribution < -0.4 is 15.4 Å². The van der Waals surface area contributed by atoms with Crippen molar-refractivity contribution in [2.75, 3.05) is 13.2 Å². The molecule has 1 saturated heterocycles. The second kappa shape index (κ2) is 7.26. The quantitative estimate of drug-likeness (QED) is 0.462. The van der Waals surface area contributed by atoms with E-state index < -0.39 is 17.9 Å². The van der Waals surface area contributed by atoms with Gasteiger partial charge in [0.2, 0.25) is 0 Å². The van der Waals surface area contributed by atoms with Gasteiger partial charge in [-0.1, -0.05) is 24.3 Å². The fraction of sp³-hybridized carbons (Fsp3) is 0.267. The third-order valence-corrected chi connectivity index (χ3v) is 2.87. The molecule has 0 saturated carbocycles. The fourth-order valence-electron chi connectivity index (χ4n) is 1.89. The summed E-state index contributed by atoms with van der Waals surface area (Å²) in [5, 5.41) is 4.53. The molecule has 7 nitrogen and oxygen atoms in total. The molecule has 1 fully saturated rings. The van der Waals surface area contributed by atoms with Crippen molar-refractivity contribution in [3.8, 4) is 5.75 Å². The molecule has 1 aliphatic rings. The molecule has 0 unspecified atom stereocenters. The zero-order valence-corrected chi connectivity index (χ0v) is 12.0. The number of hydrogen-bond donors (Lipinski definition) is 2. The normalized spacial score (nSPS) is 15.4. The number of benzene rings is 1. The molecule has 0 radical (unpaired) electrons. The van der Waals surface area contributed by atoms with Crippen molar-refractivity contribution in [3.05, 3.63) is 41.6 Å². The lowest BCUT2D eigenvalue weighted by molar-refractivity contribution is -0.145. The maximum absolute atomic E-state index is 11.4. The van der Waals surface area contributed by atoms with Gasteiger partial charge in [-0.3, -0.25) is 10.1 Å². The van der Waals surface area contributed by atoms with E-state index in [2.05, 4.69) is 10.6 Å². The second-order valence-corrected chi connectivity index (χ2v) is 4.43. The van der Waals surface area contributed by atoms with E-state index in [4.69, 9.17) is 9.47 Å². The van der Waals surface area contributed by atoms with Crippen LogP contribution in [0.15, 0.2) is 36.0 Å². The van der Waals surface area contributed by atoms with Gasteiger partial charge in [0.05, 0.1) is 6.61 Å². The molecule has 0 spiro atoms. The number of rotatable bonds is 6. The molecule has 1 aromatic rings. The lowest BCUT2D eigenvalue weighted by atomic mass is 10.1. The molecule has 22 heavy (non-hydrogen) atoms. The van der Waals surface area contributed by atoms with Crippen molar-refractivity contribution >= 4 is 17.9 Å². The Bertz CT molecular complexity index is 624. The number of hydrogen-bond acceptors (Lipinski definition) is 5. The molecule has 116 valence electrons. The van der Waals surface area contributed by atoms with Gasteiger partial charge in [0.15, 0.2) is 6.61 Å². The number of ether oxygens (including phenoxy) is 2. The summed E-state index contributed by atoms with van der Waals surface area (Å²) in [7, 11) is 0. The largest absolute Gasteiger partial charge is 0.482 e. The standard InChI is InChI=1S/C15H16N2O5/c1-2-21-13(18)9-22-12-6-4-3-5-10(12)7-8-11-14(19)17-15(20)16-11/h3-6,8H,2,7,9H2,1H3,(H2,16,17,19,20). The minimum absolute atomic E-state index is 0.182. The van der Waals surface area contributed by atoms with Crippen LogP contribution in [0, 0.1) is 0 Å². The first-order valence-electron chi connectivity index (χ1n) is 6.79. The van der Waals surface area contributed by atoms with Crippen LogP contribution in [0.25, 0.3) is 0 Å². The summed E-state index contributed by atoms with van der Waals surface area (Å²) >= 11 is 0. The van der Waals surface area contributed by atoms with E-state index >= 15 is 0 Å². The first-order valence-corrected chi connectivity index (χ1v) is 6.79. The van der Waals surface area contributed by atoms with Gasteiger partial charge < -0.3 is 14.8 Å².